The second kappa shape index (κ2) is 7.01. The lowest BCUT2D eigenvalue weighted by Crippen LogP contribution is -2.30. The zero-order valence-corrected chi connectivity index (χ0v) is 11.0. The van der Waals surface area contributed by atoms with E-state index in [0.717, 1.165) is 12.0 Å². The molecule has 2 unspecified atom stereocenters. The molecule has 4 N–H and O–H groups in total. The second-order valence-corrected chi connectivity index (χ2v) is 4.60. The maximum absolute atomic E-state index is 11.8. The highest BCUT2D eigenvalue weighted by Crippen LogP contribution is 2.18. The van der Waals surface area contributed by atoms with Gasteiger partial charge in [0.2, 0.25) is 5.91 Å². The van der Waals surface area contributed by atoms with Crippen LogP contribution in [-0.4, -0.2) is 17.6 Å². The van der Waals surface area contributed by atoms with Crippen molar-refractivity contribution >= 4 is 5.91 Å². The third-order valence-corrected chi connectivity index (χ3v) is 3.13. The molecule has 0 fully saturated rings. The maximum atomic E-state index is 11.8. The van der Waals surface area contributed by atoms with Crippen molar-refractivity contribution in [2.45, 2.75) is 32.7 Å². The highest BCUT2D eigenvalue weighted by molar-refractivity contribution is 5.76. The Hall–Kier alpha value is -1.55. The molecule has 100 valence electrons. The van der Waals surface area contributed by atoms with Crippen LogP contribution in [0.5, 0.6) is 5.75 Å². The van der Waals surface area contributed by atoms with Crippen molar-refractivity contribution < 1.29 is 9.90 Å². The minimum Gasteiger partial charge on any atom is -0.508 e. The van der Waals surface area contributed by atoms with E-state index in [2.05, 4.69) is 5.32 Å². The zero-order valence-electron chi connectivity index (χ0n) is 11.0. The SMILES string of the molecule is CCC(CN)CC(=O)NC(C)c1cccc(O)c1. The summed E-state index contributed by atoms with van der Waals surface area (Å²) in [6.45, 7) is 4.46. The van der Waals surface area contributed by atoms with Gasteiger partial charge in [-0.15, -0.1) is 0 Å². The van der Waals surface area contributed by atoms with Gasteiger partial charge >= 0.3 is 0 Å². The van der Waals surface area contributed by atoms with Gasteiger partial charge in [-0.1, -0.05) is 25.5 Å². The second-order valence-electron chi connectivity index (χ2n) is 4.60. The summed E-state index contributed by atoms with van der Waals surface area (Å²) >= 11 is 0. The highest BCUT2D eigenvalue weighted by atomic mass is 16.3. The standard InChI is InChI=1S/C14H22N2O2/c1-3-11(9-15)7-14(18)16-10(2)12-5-4-6-13(17)8-12/h4-6,8,10-11,17H,3,7,9,15H2,1-2H3,(H,16,18). The zero-order chi connectivity index (χ0) is 13.5. The molecular formula is C14H22N2O2. The molecule has 1 rings (SSSR count). The number of nitrogens with one attached hydrogen (secondary N) is 1. The fourth-order valence-electron chi connectivity index (χ4n) is 1.83. The van der Waals surface area contributed by atoms with E-state index in [1.807, 2.05) is 19.9 Å². The Morgan fingerprint density at radius 2 is 2.22 bits per heavy atom. The molecule has 4 heteroatoms. The minimum absolute atomic E-state index is 0.00291. The first-order valence-electron chi connectivity index (χ1n) is 6.35. The largest absolute Gasteiger partial charge is 0.508 e. The molecule has 0 bridgehead atoms. The molecule has 0 aliphatic rings. The van der Waals surface area contributed by atoms with E-state index < -0.39 is 0 Å². The molecule has 1 aromatic rings. The van der Waals surface area contributed by atoms with Crippen LogP contribution in [-0.2, 0) is 4.79 Å². The van der Waals surface area contributed by atoms with E-state index in [-0.39, 0.29) is 23.6 Å². The fourth-order valence-corrected chi connectivity index (χ4v) is 1.83. The first-order chi connectivity index (χ1) is 8.56. The first-order valence-corrected chi connectivity index (χ1v) is 6.35. The highest BCUT2D eigenvalue weighted by Gasteiger charge is 2.13. The number of hydrogen-bond acceptors (Lipinski definition) is 3. The van der Waals surface area contributed by atoms with E-state index in [1.54, 1.807) is 18.2 Å². The number of phenolic OH excluding ortho intramolecular Hbond substituents is 1. The summed E-state index contributed by atoms with van der Waals surface area (Å²) in [5, 5.41) is 12.3. The Labute approximate surface area is 108 Å². The van der Waals surface area contributed by atoms with Crippen LogP contribution in [0, 0.1) is 5.92 Å². The summed E-state index contributed by atoms with van der Waals surface area (Å²) in [5.41, 5.74) is 6.47. The third-order valence-electron chi connectivity index (χ3n) is 3.13. The Kier molecular flexibility index (Phi) is 5.65. The maximum Gasteiger partial charge on any atom is 0.220 e. The lowest BCUT2D eigenvalue weighted by molar-refractivity contribution is -0.122. The van der Waals surface area contributed by atoms with Gasteiger partial charge in [0, 0.05) is 6.42 Å². The van der Waals surface area contributed by atoms with Crippen molar-refractivity contribution in [1.82, 2.24) is 5.32 Å². The van der Waals surface area contributed by atoms with Gasteiger partial charge in [0.15, 0.2) is 0 Å². The predicted molar refractivity (Wildman–Crippen MR) is 72.1 cm³/mol. The molecule has 1 amide bonds. The van der Waals surface area contributed by atoms with E-state index >= 15 is 0 Å². The van der Waals surface area contributed by atoms with Crippen LogP contribution < -0.4 is 11.1 Å². The van der Waals surface area contributed by atoms with Crippen LogP contribution >= 0.6 is 0 Å². The molecular weight excluding hydrogens is 228 g/mol. The minimum atomic E-state index is -0.111. The summed E-state index contributed by atoms with van der Waals surface area (Å²) in [6, 6.07) is 6.80. The van der Waals surface area contributed by atoms with Gasteiger partial charge in [-0.3, -0.25) is 4.79 Å². The summed E-state index contributed by atoms with van der Waals surface area (Å²) in [6.07, 6.45) is 1.36. The van der Waals surface area contributed by atoms with E-state index in [4.69, 9.17) is 5.73 Å². The number of amides is 1. The Balaban J connectivity index is 2.54. The predicted octanol–water partition coefficient (Wildman–Crippen LogP) is 1.94. The van der Waals surface area contributed by atoms with Crippen LogP contribution in [0.2, 0.25) is 0 Å². The summed E-state index contributed by atoms with van der Waals surface area (Å²) in [4.78, 5) is 11.8. The molecule has 0 saturated heterocycles. The van der Waals surface area contributed by atoms with Crippen LogP contribution in [0.15, 0.2) is 24.3 Å². The lowest BCUT2D eigenvalue weighted by atomic mass is 10.0. The number of nitrogens with two attached hydrogens (primary N) is 1. The molecule has 1 aromatic carbocycles. The Morgan fingerprint density at radius 3 is 2.78 bits per heavy atom. The van der Waals surface area contributed by atoms with E-state index in [1.165, 1.54) is 0 Å². The molecule has 0 spiro atoms. The van der Waals surface area contributed by atoms with Gasteiger partial charge in [0.25, 0.3) is 0 Å². The molecule has 0 aliphatic carbocycles. The molecule has 0 saturated carbocycles. The molecule has 0 heterocycles. The fraction of sp³-hybridized carbons (Fsp3) is 0.500. The molecule has 0 radical (unpaired) electrons. The van der Waals surface area contributed by atoms with Gasteiger partial charge in [0.05, 0.1) is 6.04 Å². The van der Waals surface area contributed by atoms with E-state index in [0.29, 0.717) is 13.0 Å². The average molecular weight is 250 g/mol. The van der Waals surface area contributed by atoms with Crippen LogP contribution in [0.3, 0.4) is 0 Å². The van der Waals surface area contributed by atoms with Crippen molar-refractivity contribution in [2.24, 2.45) is 11.7 Å². The Morgan fingerprint density at radius 1 is 1.50 bits per heavy atom. The van der Waals surface area contributed by atoms with Crippen molar-refractivity contribution in [1.29, 1.82) is 0 Å². The number of aromatic hydroxyl groups is 1. The summed E-state index contributed by atoms with van der Waals surface area (Å²) in [7, 11) is 0. The number of benzene rings is 1. The van der Waals surface area contributed by atoms with Crippen molar-refractivity contribution in [3.63, 3.8) is 0 Å². The first kappa shape index (κ1) is 14.5. The number of rotatable bonds is 6. The smallest absolute Gasteiger partial charge is 0.220 e. The van der Waals surface area contributed by atoms with Crippen LogP contribution in [0.25, 0.3) is 0 Å². The number of carbonyl (C=O) groups excluding carboxylic acids is 1. The van der Waals surface area contributed by atoms with Gasteiger partial charge < -0.3 is 16.2 Å². The summed E-state index contributed by atoms with van der Waals surface area (Å²) < 4.78 is 0. The normalized spacial score (nSPS) is 13.9. The third kappa shape index (κ3) is 4.37. The summed E-state index contributed by atoms with van der Waals surface area (Å²) in [5.74, 6) is 0.450. The van der Waals surface area contributed by atoms with Gasteiger partial charge in [-0.2, -0.15) is 0 Å². The average Bonchev–Trinajstić information content (AvgIpc) is 2.35. The number of hydrogen-bond donors (Lipinski definition) is 3. The molecule has 18 heavy (non-hydrogen) atoms. The lowest BCUT2D eigenvalue weighted by Gasteiger charge is -2.17. The number of phenols is 1. The topological polar surface area (TPSA) is 75.4 Å². The Bertz CT molecular complexity index is 389. The van der Waals surface area contributed by atoms with Crippen molar-refractivity contribution in [3.05, 3.63) is 29.8 Å². The van der Waals surface area contributed by atoms with Crippen molar-refractivity contribution in [3.8, 4) is 5.75 Å². The van der Waals surface area contributed by atoms with Gasteiger partial charge in [-0.25, -0.2) is 0 Å². The van der Waals surface area contributed by atoms with Crippen LogP contribution in [0.1, 0.15) is 38.3 Å². The molecule has 0 aliphatic heterocycles. The molecule has 4 nitrogen and oxygen atoms in total. The van der Waals surface area contributed by atoms with Crippen molar-refractivity contribution in [2.75, 3.05) is 6.54 Å². The van der Waals surface area contributed by atoms with Gasteiger partial charge in [-0.05, 0) is 37.1 Å². The van der Waals surface area contributed by atoms with E-state index in [9.17, 15) is 9.90 Å². The molecule has 2 atom stereocenters. The van der Waals surface area contributed by atoms with Crippen LogP contribution in [0.4, 0.5) is 0 Å². The van der Waals surface area contributed by atoms with Gasteiger partial charge in [0.1, 0.15) is 5.75 Å². The quantitative estimate of drug-likeness (QED) is 0.722. The number of carbonyl (C=O) groups is 1. The monoisotopic (exact) mass is 250 g/mol. The molecule has 0 aromatic heterocycles.